The number of aromatic nitrogens is 2. The van der Waals surface area contributed by atoms with Gasteiger partial charge >= 0.3 is 6.18 Å². The largest absolute Gasteiger partial charge is 0.416 e. The first kappa shape index (κ1) is 16.9. The fraction of sp³-hybridized carbons (Fsp3) is 0.429. The lowest BCUT2D eigenvalue weighted by molar-refractivity contribution is -0.138. The van der Waals surface area contributed by atoms with Gasteiger partial charge in [-0.15, -0.1) is 0 Å². The predicted octanol–water partition coefficient (Wildman–Crippen LogP) is 2.26. The summed E-state index contributed by atoms with van der Waals surface area (Å²) in [4.78, 5) is 3.88. The summed E-state index contributed by atoms with van der Waals surface area (Å²) in [5.74, 6) is -0.612. The van der Waals surface area contributed by atoms with E-state index in [0.29, 0.717) is 0 Å². The molecule has 24 heavy (non-hydrogen) atoms. The minimum absolute atomic E-state index is 0.0147. The summed E-state index contributed by atoms with van der Waals surface area (Å²) in [6, 6.07) is 5.02. The van der Waals surface area contributed by atoms with Crippen LogP contribution in [0.4, 0.5) is 13.2 Å². The highest BCUT2D eigenvalue weighted by molar-refractivity contribution is 7.88. The van der Waals surface area contributed by atoms with Gasteiger partial charge in [0.05, 0.1) is 12.0 Å². The van der Waals surface area contributed by atoms with Crippen LogP contribution in [-0.4, -0.2) is 24.6 Å². The van der Waals surface area contributed by atoms with Crippen LogP contribution < -0.4 is 4.72 Å². The first-order chi connectivity index (χ1) is 11.2. The number of hydrogen-bond donors (Lipinski definition) is 1. The van der Waals surface area contributed by atoms with Crippen molar-refractivity contribution < 1.29 is 26.1 Å². The summed E-state index contributed by atoms with van der Waals surface area (Å²) in [7, 11) is -3.58. The molecule has 0 atom stereocenters. The molecule has 1 aromatic heterocycles. The van der Waals surface area contributed by atoms with Crippen LogP contribution >= 0.6 is 0 Å². The molecule has 0 radical (unpaired) electrons. The van der Waals surface area contributed by atoms with Gasteiger partial charge in [0, 0.05) is 6.04 Å². The SMILES string of the molecule is O=S(=O)(Cc1noc(Cc2ccccc2C(F)(F)F)n1)NC1CC1. The summed E-state index contributed by atoms with van der Waals surface area (Å²) in [5.41, 5.74) is -0.799. The van der Waals surface area contributed by atoms with Crippen LogP contribution in [0.15, 0.2) is 28.8 Å². The molecule has 1 aliphatic carbocycles. The number of benzene rings is 1. The normalized spacial score (nSPS) is 15.6. The molecule has 0 unspecified atom stereocenters. The molecule has 0 aliphatic heterocycles. The number of alkyl halides is 3. The number of hydrogen-bond acceptors (Lipinski definition) is 5. The van der Waals surface area contributed by atoms with E-state index in [9.17, 15) is 21.6 Å². The third-order valence-electron chi connectivity index (χ3n) is 3.42. The van der Waals surface area contributed by atoms with Crippen LogP contribution in [0.5, 0.6) is 0 Å². The second-order valence-corrected chi connectivity index (χ2v) is 7.34. The van der Waals surface area contributed by atoms with Crippen molar-refractivity contribution in [2.75, 3.05) is 0 Å². The van der Waals surface area contributed by atoms with Crippen LogP contribution in [0.1, 0.15) is 35.7 Å². The fourth-order valence-electron chi connectivity index (χ4n) is 2.20. The molecular formula is C14H14F3N3O3S. The van der Waals surface area contributed by atoms with E-state index in [1.165, 1.54) is 18.2 Å². The first-order valence-corrected chi connectivity index (χ1v) is 8.85. The maximum absolute atomic E-state index is 13.0. The van der Waals surface area contributed by atoms with Crippen LogP contribution in [0.3, 0.4) is 0 Å². The number of halogens is 3. The monoisotopic (exact) mass is 361 g/mol. The first-order valence-electron chi connectivity index (χ1n) is 7.19. The van der Waals surface area contributed by atoms with Crippen LogP contribution in [0, 0.1) is 0 Å². The zero-order valence-corrected chi connectivity index (χ0v) is 13.2. The Labute approximate surface area is 136 Å². The quantitative estimate of drug-likeness (QED) is 0.853. The fourth-order valence-corrected chi connectivity index (χ4v) is 3.49. The molecule has 1 N–H and O–H groups in total. The average Bonchev–Trinajstić information content (AvgIpc) is 3.16. The Morgan fingerprint density at radius 2 is 1.96 bits per heavy atom. The molecule has 0 amide bonds. The van der Waals surface area contributed by atoms with Gasteiger partial charge in [-0.1, -0.05) is 23.4 Å². The van der Waals surface area contributed by atoms with E-state index >= 15 is 0 Å². The lowest BCUT2D eigenvalue weighted by Gasteiger charge is -2.10. The topological polar surface area (TPSA) is 85.1 Å². The van der Waals surface area contributed by atoms with Gasteiger partial charge in [-0.25, -0.2) is 13.1 Å². The third-order valence-corrected chi connectivity index (χ3v) is 4.75. The third kappa shape index (κ3) is 4.32. The van der Waals surface area contributed by atoms with Crippen molar-refractivity contribution in [1.29, 1.82) is 0 Å². The molecule has 0 bridgehead atoms. The van der Waals surface area contributed by atoms with E-state index in [2.05, 4.69) is 14.9 Å². The van der Waals surface area contributed by atoms with Crippen LogP contribution in [0.2, 0.25) is 0 Å². The molecule has 1 fully saturated rings. The van der Waals surface area contributed by atoms with Gasteiger partial charge in [0.1, 0.15) is 5.75 Å². The van der Waals surface area contributed by atoms with E-state index in [-0.39, 0.29) is 29.7 Å². The molecule has 1 heterocycles. The number of sulfonamides is 1. The molecular weight excluding hydrogens is 347 g/mol. The molecule has 0 saturated heterocycles. The molecule has 6 nitrogen and oxygen atoms in total. The van der Waals surface area contributed by atoms with Crippen molar-refractivity contribution in [3.05, 3.63) is 47.1 Å². The van der Waals surface area contributed by atoms with Crippen molar-refractivity contribution in [2.45, 2.75) is 37.2 Å². The number of rotatable bonds is 6. The zero-order chi connectivity index (χ0) is 17.4. The second kappa shape index (κ2) is 6.17. The Morgan fingerprint density at radius 3 is 2.62 bits per heavy atom. The molecule has 3 rings (SSSR count). The summed E-state index contributed by atoms with van der Waals surface area (Å²) >= 11 is 0. The highest BCUT2D eigenvalue weighted by atomic mass is 32.2. The second-order valence-electron chi connectivity index (χ2n) is 5.59. The summed E-state index contributed by atoms with van der Waals surface area (Å²) in [6.07, 6.45) is -3.12. The summed E-state index contributed by atoms with van der Waals surface area (Å²) in [6.45, 7) is 0. The maximum atomic E-state index is 13.0. The number of nitrogens with one attached hydrogen (secondary N) is 1. The molecule has 0 spiro atoms. The van der Waals surface area contributed by atoms with Crippen molar-refractivity contribution in [3.63, 3.8) is 0 Å². The Bertz CT molecular complexity index is 829. The highest BCUT2D eigenvalue weighted by Crippen LogP contribution is 2.32. The lowest BCUT2D eigenvalue weighted by atomic mass is 10.0. The molecule has 1 aliphatic rings. The van der Waals surface area contributed by atoms with Gasteiger partial charge in [0.25, 0.3) is 0 Å². The zero-order valence-electron chi connectivity index (χ0n) is 12.4. The van der Waals surface area contributed by atoms with Crippen LogP contribution in [-0.2, 0) is 28.4 Å². The number of nitrogens with zero attached hydrogens (tertiary/aromatic N) is 2. The minimum atomic E-state index is -4.49. The minimum Gasteiger partial charge on any atom is -0.339 e. The van der Waals surface area contributed by atoms with E-state index in [1.807, 2.05) is 0 Å². The van der Waals surface area contributed by atoms with E-state index < -0.39 is 27.5 Å². The average molecular weight is 361 g/mol. The van der Waals surface area contributed by atoms with Crippen molar-refractivity contribution in [3.8, 4) is 0 Å². The Morgan fingerprint density at radius 1 is 1.25 bits per heavy atom. The highest BCUT2D eigenvalue weighted by Gasteiger charge is 2.33. The van der Waals surface area contributed by atoms with Gasteiger partial charge in [-0.05, 0) is 24.5 Å². The van der Waals surface area contributed by atoms with E-state index in [1.54, 1.807) is 0 Å². The lowest BCUT2D eigenvalue weighted by Crippen LogP contribution is -2.27. The summed E-state index contributed by atoms with van der Waals surface area (Å²) < 4.78 is 69.9. The summed E-state index contributed by atoms with van der Waals surface area (Å²) in [5, 5.41) is 3.53. The molecule has 2 aromatic rings. The van der Waals surface area contributed by atoms with Crippen molar-refractivity contribution in [2.24, 2.45) is 0 Å². The van der Waals surface area contributed by atoms with E-state index in [4.69, 9.17) is 4.52 Å². The van der Waals surface area contributed by atoms with Crippen LogP contribution in [0.25, 0.3) is 0 Å². The Hall–Kier alpha value is -1.94. The molecule has 130 valence electrons. The van der Waals surface area contributed by atoms with Gasteiger partial charge in [-0.3, -0.25) is 0 Å². The molecule has 10 heteroatoms. The standard InChI is InChI=1S/C14H14F3N3O3S/c15-14(16,17)11-4-2-1-3-9(11)7-13-18-12(19-23-13)8-24(21,22)20-10-5-6-10/h1-4,10,20H,5-8H2. The van der Waals surface area contributed by atoms with Crippen molar-refractivity contribution in [1.82, 2.24) is 14.9 Å². The Kier molecular flexibility index (Phi) is 4.35. The smallest absolute Gasteiger partial charge is 0.339 e. The van der Waals surface area contributed by atoms with Gasteiger partial charge < -0.3 is 4.52 Å². The molecule has 1 aromatic carbocycles. The Balaban J connectivity index is 1.73. The maximum Gasteiger partial charge on any atom is 0.416 e. The van der Waals surface area contributed by atoms with Crippen molar-refractivity contribution >= 4 is 10.0 Å². The van der Waals surface area contributed by atoms with Gasteiger partial charge in [0.15, 0.2) is 5.82 Å². The van der Waals surface area contributed by atoms with E-state index in [0.717, 1.165) is 18.9 Å². The van der Waals surface area contributed by atoms with Gasteiger partial charge in [-0.2, -0.15) is 18.2 Å². The predicted molar refractivity (Wildman–Crippen MR) is 77.3 cm³/mol. The van der Waals surface area contributed by atoms with Gasteiger partial charge in [0.2, 0.25) is 15.9 Å². The molecule has 1 saturated carbocycles.